The summed E-state index contributed by atoms with van der Waals surface area (Å²) in [6, 6.07) is 0. The molecule has 0 aromatic carbocycles. The maximum Gasteiger partial charge on any atom is 0.503 e. The van der Waals surface area contributed by atoms with Gasteiger partial charge in [-0.1, -0.05) is 206 Å². The molecule has 0 unspecified atom stereocenters. The van der Waals surface area contributed by atoms with E-state index >= 15 is 0 Å². The highest BCUT2D eigenvalue weighted by Crippen LogP contribution is 2.15. The monoisotopic (exact) mass is 697 g/mol. The van der Waals surface area contributed by atoms with Crippen molar-refractivity contribution in [1.29, 1.82) is 0 Å². The molecule has 0 radical (unpaired) electrons. The Labute approximate surface area is 294 Å². The van der Waals surface area contributed by atoms with Crippen LogP contribution in [-0.4, -0.2) is 56.5 Å². The van der Waals surface area contributed by atoms with Crippen molar-refractivity contribution in [2.45, 2.75) is 219 Å². The average Bonchev–Trinajstić information content (AvgIpc) is 3.04. The Kier molecular flexibility index (Phi) is 60.7. The van der Waals surface area contributed by atoms with E-state index in [9.17, 15) is 0 Å². The summed E-state index contributed by atoms with van der Waals surface area (Å²) in [7, 11) is 0. The molecule has 0 rings (SSSR count). The lowest BCUT2D eigenvalue weighted by molar-refractivity contribution is -0.242. The Morgan fingerprint density at radius 1 is 0.312 bits per heavy atom. The smallest absolute Gasteiger partial charge is 0.450 e. The third-order valence-corrected chi connectivity index (χ3v) is 8.18. The summed E-state index contributed by atoms with van der Waals surface area (Å²) < 4.78 is 0. The van der Waals surface area contributed by atoms with Crippen LogP contribution in [0.1, 0.15) is 219 Å². The molecule has 0 spiro atoms. The number of unbranched alkanes of at least 4 members (excludes halogenated alkanes) is 30. The van der Waals surface area contributed by atoms with Crippen molar-refractivity contribution in [3.63, 3.8) is 0 Å². The zero-order chi connectivity index (χ0) is 36.6. The Balaban J connectivity index is -0.000000329. The zero-order valence-corrected chi connectivity index (χ0v) is 31.4. The topological polar surface area (TPSA) is 174 Å². The molecule has 0 aliphatic heterocycles. The van der Waals surface area contributed by atoms with Gasteiger partial charge < -0.3 is 20.4 Å². The quantitative estimate of drug-likeness (QED) is 0.0216. The number of hydrogen-bond acceptors (Lipinski definition) is 6. The Morgan fingerprint density at radius 3 is 0.562 bits per heavy atom. The highest BCUT2D eigenvalue weighted by atomic mass is 17.1. The molecule has 48 heavy (non-hydrogen) atoms. The molecule has 0 aromatic rings. The molecule has 292 valence electrons. The van der Waals surface area contributed by atoms with Crippen LogP contribution in [0.4, 0.5) is 9.59 Å². The van der Waals surface area contributed by atoms with E-state index in [0.29, 0.717) is 13.2 Å². The van der Waals surface area contributed by atoms with Gasteiger partial charge in [0, 0.05) is 0 Å². The number of hydrogen-bond donors (Lipinski definition) is 6. The first-order valence-corrected chi connectivity index (χ1v) is 19.7. The first-order valence-electron chi connectivity index (χ1n) is 19.7. The second-order valence-electron chi connectivity index (χ2n) is 12.8. The Morgan fingerprint density at radius 2 is 0.438 bits per heavy atom. The van der Waals surface area contributed by atoms with Crippen LogP contribution in [0.15, 0.2) is 0 Å². The number of rotatable bonds is 34. The number of carbonyl (C=O) groups is 2. The van der Waals surface area contributed by atoms with Gasteiger partial charge in [0.05, 0.1) is 13.2 Å². The maximum atomic E-state index is 8.56. The molecule has 10 nitrogen and oxygen atoms in total. The zero-order valence-electron chi connectivity index (χ0n) is 31.4. The molecule has 0 aromatic heterocycles. The van der Waals surface area contributed by atoms with Crippen LogP contribution < -0.4 is 0 Å². The van der Waals surface area contributed by atoms with Crippen LogP contribution in [0.5, 0.6) is 0 Å². The average molecular weight is 697 g/mol. The molecule has 10 heteroatoms. The first-order chi connectivity index (χ1) is 23.3. The van der Waals surface area contributed by atoms with E-state index in [1.165, 1.54) is 193 Å². The van der Waals surface area contributed by atoms with E-state index in [4.69, 9.17) is 40.5 Å². The van der Waals surface area contributed by atoms with Crippen LogP contribution in [-0.2, 0) is 9.78 Å². The van der Waals surface area contributed by atoms with Gasteiger partial charge in [0.15, 0.2) is 0 Å². The lowest BCUT2D eigenvalue weighted by Crippen LogP contribution is -1.88. The lowest BCUT2D eigenvalue weighted by Gasteiger charge is -2.03. The van der Waals surface area contributed by atoms with Crippen molar-refractivity contribution >= 4 is 12.3 Å². The van der Waals surface area contributed by atoms with Crippen LogP contribution in [0.3, 0.4) is 0 Å². The number of carboxylic acid groups (broad SMARTS) is 4. The summed E-state index contributed by atoms with van der Waals surface area (Å²) in [6.45, 7) is 5.56. The second kappa shape index (κ2) is 54.8. The second-order valence-corrected chi connectivity index (χ2v) is 12.8. The van der Waals surface area contributed by atoms with Crippen LogP contribution in [0, 0.1) is 0 Å². The minimum Gasteiger partial charge on any atom is -0.450 e. The summed E-state index contributed by atoms with van der Waals surface area (Å²) in [5, 5.41) is 44.3. The van der Waals surface area contributed by atoms with E-state index in [1.54, 1.807) is 0 Å². The largest absolute Gasteiger partial charge is 0.503 e. The fraction of sp³-hybridized carbons (Fsp3) is 0.947. The Hall–Kier alpha value is -1.62. The minimum absolute atomic E-state index is 0.498. The standard InChI is InChI=1S/2C18H38O2.2CH2O3/c2*1-2-3-4-5-6-7-8-9-10-11-12-13-14-15-16-17-18-20-19;2*2-1(3)4/h2*19H,2-18H2,1H3;2*(H2,2,3,4). The van der Waals surface area contributed by atoms with Gasteiger partial charge >= 0.3 is 12.3 Å². The first kappa shape index (κ1) is 53.2. The van der Waals surface area contributed by atoms with Crippen molar-refractivity contribution in [3.8, 4) is 0 Å². The van der Waals surface area contributed by atoms with Gasteiger partial charge in [-0.15, -0.1) is 0 Å². The molecule has 0 atom stereocenters. The van der Waals surface area contributed by atoms with Gasteiger partial charge in [0.2, 0.25) is 0 Å². The molecule has 6 N–H and O–H groups in total. The van der Waals surface area contributed by atoms with Crippen molar-refractivity contribution in [3.05, 3.63) is 0 Å². The summed E-state index contributed by atoms with van der Waals surface area (Å²) in [5.41, 5.74) is 0. The molecule has 0 amide bonds. The highest BCUT2D eigenvalue weighted by Gasteiger charge is 1.96. The van der Waals surface area contributed by atoms with E-state index in [-0.39, 0.29) is 0 Å². The van der Waals surface area contributed by atoms with E-state index in [2.05, 4.69) is 23.6 Å². The summed E-state index contributed by atoms with van der Waals surface area (Å²) in [6.07, 6.45) is 40.3. The van der Waals surface area contributed by atoms with Crippen molar-refractivity contribution < 1.29 is 50.3 Å². The molecule has 0 bridgehead atoms. The molecule has 0 saturated carbocycles. The van der Waals surface area contributed by atoms with Gasteiger partial charge in [0.25, 0.3) is 0 Å². The third-order valence-electron chi connectivity index (χ3n) is 8.18. The Bertz CT molecular complexity index is 472. The molecule has 0 saturated heterocycles. The van der Waals surface area contributed by atoms with Crippen LogP contribution in [0.2, 0.25) is 0 Å². The third kappa shape index (κ3) is 79.7. The predicted octanol–water partition coefficient (Wildman–Crippen LogP) is 13.9. The summed E-state index contributed by atoms with van der Waals surface area (Å²) in [5.74, 6) is 0. The molecular weight excluding hydrogens is 616 g/mol. The van der Waals surface area contributed by atoms with E-state index < -0.39 is 12.3 Å². The normalized spacial score (nSPS) is 10.2. The van der Waals surface area contributed by atoms with Gasteiger partial charge in [0.1, 0.15) is 0 Å². The maximum absolute atomic E-state index is 8.56. The van der Waals surface area contributed by atoms with Gasteiger partial charge in [-0.05, 0) is 12.8 Å². The van der Waals surface area contributed by atoms with E-state index in [0.717, 1.165) is 12.8 Å². The van der Waals surface area contributed by atoms with Crippen LogP contribution in [0.25, 0.3) is 0 Å². The molecule has 0 fully saturated rings. The van der Waals surface area contributed by atoms with Crippen molar-refractivity contribution in [2.24, 2.45) is 0 Å². The predicted molar refractivity (Wildman–Crippen MR) is 198 cm³/mol. The van der Waals surface area contributed by atoms with Gasteiger partial charge in [-0.3, -0.25) is 10.5 Å². The molecule has 0 heterocycles. The lowest BCUT2D eigenvalue weighted by atomic mass is 10.0. The fourth-order valence-corrected chi connectivity index (χ4v) is 5.43. The van der Waals surface area contributed by atoms with E-state index in [1.807, 2.05) is 0 Å². The molecule has 0 aliphatic carbocycles. The highest BCUT2D eigenvalue weighted by molar-refractivity contribution is 5.53. The van der Waals surface area contributed by atoms with Crippen molar-refractivity contribution in [2.75, 3.05) is 13.2 Å². The molecular formula is C38H80O10. The van der Waals surface area contributed by atoms with Crippen LogP contribution >= 0.6 is 0 Å². The summed E-state index contributed by atoms with van der Waals surface area (Å²) in [4.78, 5) is 25.2. The SMILES string of the molecule is CCCCCCCCCCCCCCCCCCOO.CCCCCCCCCCCCCCCCCCOO.O=C(O)O.O=C(O)O. The van der Waals surface area contributed by atoms with Crippen molar-refractivity contribution in [1.82, 2.24) is 0 Å². The van der Waals surface area contributed by atoms with Gasteiger partial charge in [-0.25, -0.2) is 19.4 Å². The molecule has 0 aliphatic rings. The minimum atomic E-state index is -1.83. The summed E-state index contributed by atoms with van der Waals surface area (Å²) >= 11 is 0. The fourth-order valence-electron chi connectivity index (χ4n) is 5.43. The van der Waals surface area contributed by atoms with Gasteiger partial charge in [-0.2, -0.15) is 0 Å².